The average molecular weight is 316 g/mol. The number of amides is 2. The van der Waals surface area contributed by atoms with Gasteiger partial charge < -0.3 is 15.5 Å². The molecule has 0 radical (unpaired) electrons. The van der Waals surface area contributed by atoms with Crippen LogP contribution in [-0.4, -0.2) is 37.6 Å². The second kappa shape index (κ2) is 7.16. The predicted octanol–water partition coefficient (Wildman–Crippen LogP) is 3.46. The van der Waals surface area contributed by atoms with Crippen molar-refractivity contribution in [3.8, 4) is 0 Å². The lowest BCUT2D eigenvalue weighted by atomic mass is 9.98. The molecule has 2 rings (SSSR count). The Balaban J connectivity index is 1.89. The minimum absolute atomic E-state index is 0.137. The number of hydrogen-bond acceptors (Lipinski definition) is 2. The van der Waals surface area contributed by atoms with Gasteiger partial charge in [-0.05, 0) is 50.0 Å². The lowest BCUT2D eigenvalue weighted by Gasteiger charge is -2.27. The molecule has 0 aliphatic carbocycles. The third kappa shape index (κ3) is 4.54. The maximum absolute atomic E-state index is 12.1. The van der Waals surface area contributed by atoms with E-state index in [0.717, 1.165) is 32.5 Å². The van der Waals surface area contributed by atoms with Crippen molar-refractivity contribution in [1.29, 1.82) is 0 Å². The summed E-state index contributed by atoms with van der Waals surface area (Å²) in [5, 5.41) is 7.15. The number of carbonyl (C=O) groups is 1. The Morgan fingerprint density at radius 1 is 1.30 bits per heavy atom. The standard InChI is InChI=1S/C14H19Cl2N3O/c1-19(9-10-2-4-17-5-3-10)14(20)18-13-7-11(15)6-12(16)8-13/h6-8,10,17H,2-5,9H2,1H3,(H,18,20). The molecule has 1 aliphatic rings. The Bertz CT molecular complexity index is 455. The SMILES string of the molecule is CN(CC1CCNCC1)C(=O)Nc1cc(Cl)cc(Cl)c1. The smallest absolute Gasteiger partial charge is 0.321 e. The van der Waals surface area contributed by atoms with Crippen LogP contribution in [0.15, 0.2) is 18.2 Å². The number of hydrogen-bond donors (Lipinski definition) is 2. The number of rotatable bonds is 3. The molecular formula is C14H19Cl2N3O. The van der Waals surface area contributed by atoms with Crippen molar-refractivity contribution >= 4 is 34.9 Å². The van der Waals surface area contributed by atoms with Gasteiger partial charge >= 0.3 is 6.03 Å². The highest BCUT2D eigenvalue weighted by Crippen LogP contribution is 2.22. The van der Waals surface area contributed by atoms with E-state index in [2.05, 4.69) is 10.6 Å². The summed E-state index contributed by atoms with van der Waals surface area (Å²) in [4.78, 5) is 13.8. The van der Waals surface area contributed by atoms with Crippen LogP contribution in [0.4, 0.5) is 10.5 Å². The van der Waals surface area contributed by atoms with Gasteiger partial charge in [0.25, 0.3) is 0 Å². The largest absolute Gasteiger partial charge is 0.327 e. The maximum atomic E-state index is 12.1. The van der Waals surface area contributed by atoms with Crippen LogP contribution in [0.3, 0.4) is 0 Å². The number of anilines is 1. The summed E-state index contributed by atoms with van der Waals surface area (Å²) in [6.07, 6.45) is 2.22. The van der Waals surface area contributed by atoms with Gasteiger partial charge in [0.05, 0.1) is 0 Å². The van der Waals surface area contributed by atoms with Crippen molar-refractivity contribution < 1.29 is 4.79 Å². The van der Waals surface area contributed by atoms with E-state index in [9.17, 15) is 4.79 Å². The van der Waals surface area contributed by atoms with E-state index < -0.39 is 0 Å². The van der Waals surface area contributed by atoms with Crippen LogP contribution in [0, 0.1) is 5.92 Å². The minimum Gasteiger partial charge on any atom is -0.327 e. The molecule has 0 unspecified atom stereocenters. The summed E-state index contributed by atoms with van der Waals surface area (Å²) >= 11 is 11.8. The van der Waals surface area contributed by atoms with Crippen molar-refractivity contribution in [1.82, 2.24) is 10.2 Å². The molecule has 0 atom stereocenters. The van der Waals surface area contributed by atoms with Crippen molar-refractivity contribution in [2.45, 2.75) is 12.8 Å². The van der Waals surface area contributed by atoms with E-state index in [1.807, 2.05) is 7.05 Å². The summed E-state index contributed by atoms with van der Waals surface area (Å²) < 4.78 is 0. The van der Waals surface area contributed by atoms with Crippen LogP contribution in [0.1, 0.15) is 12.8 Å². The van der Waals surface area contributed by atoms with Crippen LogP contribution in [-0.2, 0) is 0 Å². The van der Waals surface area contributed by atoms with Crippen LogP contribution < -0.4 is 10.6 Å². The minimum atomic E-state index is -0.137. The lowest BCUT2D eigenvalue weighted by molar-refractivity contribution is 0.206. The van der Waals surface area contributed by atoms with Crippen molar-refractivity contribution in [3.05, 3.63) is 28.2 Å². The predicted molar refractivity (Wildman–Crippen MR) is 83.7 cm³/mol. The molecule has 4 nitrogen and oxygen atoms in total. The number of benzene rings is 1. The van der Waals surface area contributed by atoms with Crippen molar-refractivity contribution in [2.24, 2.45) is 5.92 Å². The summed E-state index contributed by atoms with van der Waals surface area (Å²) in [6.45, 7) is 2.83. The highest BCUT2D eigenvalue weighted by atomic mass is 35.5. The average Bonchev–Trinajstić information content (AvgIpc) is 2.38. The van der Waals surface area contributed by atoms with Gasteiger partial charge in [-0.3, -0.25) is 0 Å². The van der Waals surface area contributed by atoms with Gasteiger partial charge in [-0.15, -0.1) is 0 Å². The van der Waals surface area contributed by atoms with E-state index in [0.29, 0.717) is 21.7 Å². The highest BCUT2D eigenvalue weighted by molar-refractivity contribution is 6.35. The highest BCUT2D eigenvalue weighted by Gasteiger charge is 2.18. The van der Waals surface area contributed by atoms with E-state index in [4.69, 9.17) is 23.2 Å². The summed E-state index contributed by atoms with van der Waals surface area (Å²) in [5.41, 5.74) is 0.615. The number of halogens is 2. The molecule has 1 heterocycles. The van der Waals surface area contributed by atoms with E-state index in [1.165, 1.54) is 0 Å². The number of nitrogens with zero attached hydrogens (tertiary/aromatic N) is 1. The fourth-order valence-electron chi connectivity index (χ4n) is 2.38. The molecule has 0 aromatic heterocycles. The van der Waals surface area contributed by atoms with Gasteiger partial charge in [-0.25, -0.2) is 4.79 Å². The van der Waals surface area contributed by atoms with Gasteiger partial charge in [-0.2, -0.15) is 0 Å². The Morgan fingerprint density at radius 2 is 1.90 bits per heavy atom. The van der Waals surface area contributed by atoms with Crippen molar-refractivity contribution in [2.75, 3.05) is 32.0 Å². The van der Waals surface area contributed by atoms with Crippen LogP contribution in [0.5, 0.6) is 0 Å². The number of carbonyl (C=O) groups excluding carboxylic acids is 1. The van der Waals surface area contributed by atoms with Gasteiger partial charge in [0, 0.05) is 29.3 Å². The van der Waals surface area contributed by atoms with Gasteiger partial charge in [0.15, 0.2) is 0 Å². The summed E-state index contributed by atoms with van der Waals surface area (Å²) in [5.74, 6) is 0.565. The first-order chi connectivity index (χ1) is 9.54. The Kier molecular flexibility index (Phi) is 5.52. The number of piperidine rings is 1. The molecule has 1 aromatic rings. The first-order valence-corrected chi connectivity index (χ1v) is 7.49. The quantitative estimate of drug-likeness (QED) is 0.897. The molecule has 1 saturated heterocycles. The van der Waals surface area contributed by atoms with E-state index in [-0.39, 0.29) is 6.03 Å². The van der Waals surface area contributed by atoms with Gasteiger partial charge in [0.2, 0.25) is 0 Å². The fraction of sp³-hybridized carbons (Fsp3) is 0.500. The fourth-order valence-corrected chi connectivity index (χ4v) is 2.91. The van der Waals surface area contributed by atoms with Gasteiger partial charge in [0.1, 0.15) is 0 Å². The third-order valence-electron chi connectivity index (χ3n) is 3.45. The first-order valence-electron chi connectivity index (χ1n) is 6.73. The van der Waals surface area contributed by atoms with Crippen LogP contribution in [0.25, 0.3) is 0 Å². The normalized spacial score (nSPS) is 15.9. The molecule has 1 fully saturated rings. The number of urea groups is 1. The molecule has 0 spiro atoms. The van der Waals surface area contributed by atoms with Gasteiger partial charge in [-0.1, -0.05) is 23.2 Å². The summed E-state index contributed by atoms with van der Waals surface area (Å²) in [7, 11) is 1.81. The van der Waals surface area contributed by atoms with E-state index in [1.54, 1.807) is 23.1 Å². The number of nitrogens with one attached hydrogen (secondary N) is 2. The molecule has 6 heteroatoms. The van der Waals surface area contributed by atoms with Crippen LogP contribution in [0.2, 0.25) is 10.0 Å². The topological polar surface area (TPSA) is 44.4 Å². The lowest BCUT2D eigenvalue weighted by Crippen LogP contribution is -2.39. The molecular weight excluding hydrogens is 297 g/mol. The first kappa shape index (κ1) is 15.4. The molecule has 1 aromatic carbocycles. The molecule has 2 N–H and O–H groups in total. The molecule has 2 amide bonds. The molecule has 110 valence electrons. The maximum Gasteiger partial charge on any atom is 0.321 e. The Morgan fingerprint density at radius 3 is 2.50 bits per heavy atom. The second-order valence-corrected chi connectivity index (χ2v) is 6.04. The molecule has 0 saturated carbocycles. The van der Waals surface area contributed by atoms with E-state index >= 15 is 0 Å². The zero-order valence-electron chi connectivity index (χ0n) is 11.5. The Hall–Kier alpha value is -0.970. The van der Waals surface area contributed by atoms with Crippen LogP contribution >= 0.6 is 23.2 Å². The Labute approximate surface area is 129 Å². The molecule has 0 bridgehead atoms. The van der Waals surface area contributed by atoms with Crippen molar-refractivity contribution in [3.63, 3.8) is 0 Å². The second-order valence-electron chi connectivity index (χ2n) is 5.16. The molecule has 20 heavy (non-hydrogen) atoms. The molecule has 1 aliphatic heterocycles. The third-order valence-corrected chi connectivity index (χ3v) is 3.89. The zero-order chi connectivity index (χ0) is 14.5. The summed E-state index contributed by atoms with van der Waals surface area (Å²) in [6, 6.07) is 4.87. The monoisotopic (exact) mass is 315 g/mol. The zero-order valence-corrected chi connectivity index (χ0v) is 13.0.